The Bertz CT molecular complexity index is 396. The maximum absolute atomic E-state index is 8.62. The molecule has 0 saturated carbocycles. The Morgan fingerprint density at radius 2 is 2.33 bits per heavy atom. The predicted molar refractivity (Wildman–Crippen MR) is 51.9 cm³/mol. The molecule has 0 aliphatic heterocycles. The normalized spacial score (nSPS) is 10.7. The minimum Gasteiger partial charge on any atom is -0.396 e. The molecule has 0 unspecified atom stereocenters. The Kier molecular flexibility index (Phi) is 3.08. The van der Waals surface area contributed by atoms with Crippen LogP contribution >= 0.6 is 0 Å². The molecule has 6 nitrogen and oxygen atoms in total. The van der Waals surface area contributed by atoms with E-state index in [9.17, 15) is 0 Å². The van der Waals surface area contributed by atoms with Crippen molar-refractivity contribution in [1.29, 1.82) is 0 Å². The van der Waals surface area contributed by atoms with Crippen molar-refractivity contribution in [3.05, 3.63) is 18.3 Å². The van der Waals surface area contributed by atoms with Crippen LogP contribution in [-0.4, -0.2) is 31.8 Å². The van der Waals surface area contributed by atoms with E-state index < -0.39 is 0 Å². The number of imidazole rings is 1. The molecule has 2 rings (SSSR count). The maximum atomic E-state index is 8.62. The molecule has 2 aromatic rings. The Balaban J connectivity index is 1.98. The number of rotatable bonds is 5. The van der Waals surface area contributed by atoms with Crippen molar-refractivity contribution in [3.63, 3.8) is 0 Å². The first-order chi connectivity index (χ1) is 7.40. The fourth-order valence-corrected chi connectivity index (χ4v) is 1.23. The van der Waals surface area contributed by atoms with Crippen LogP contribution in [0.5, 0.6) is 0 Å². The van der Waals surface area contributed by atoms with E-state index >= 15 is 0 Å². The van der Waals surface area contributed by atoms with Gasteiger partial charge in [0.25, 0.3) is 0 Å². The number of aliphatic hydroxyl groups excluding tert-OH is 1. The largest absolute Gasteiger partial charge is 0.396 e. The van der Waals surface area contributed by atoms with Crippen LogP contribution in [0.15, 0.2) is 16.9 Å². The van der Waals surface area contributed by atoms with Crippen molar-refractivity contribution in [1.82, 2.24) is 20.1 Å². The van der Waals surface area contributed by atoms with Crippen molar-refractivity contribution in [2.24, 2.45) is 0 Å². The summed E-state index contributed by atoms with van der Waals surface area (Å²) < 4.78 is 5.03. The molecule has 0 bridgehead atoms. The SMILES string of the molecule is OCCCCc1nc(-c2ncc[nH]2)no1. The first kappa shape index (κ1) is 9.85. The third-order valence-electron chi connectivity index (χ3n) is 1.98. The van der Waals surface area contributed by atoms with Crippen LogP contribution in [-0.2, 0) is 6.42 Å². The molecule has 15 heavy (non-hydrogen) atoms. The molecule has 2 aromatic heterocycles. The van der Waals surface area contributed by atoms with Gasteiger partial charge in [-0.15, -0.1) is 0 Å². The smallest absolute Gasteiger partial charge is 0.238 e. The zero-order valence-corrected chi connectivity index (χ0v) is 8.18. The number of aromatic amines is 1. The van der Waals surface area contributed by atoms with Crippen molar-refractivity contribution >= 4 is 0 Å². The molecule has 0 aliphatic rings. The van der Waals surface area contributed by atoms with Gasteiger partial charge in [0.05, 0.1) is 0 Å². The molecule has 6 heteroatoms. The van der Waals surface area contributed by atoms with Crippen LogP contribution in [0.25, 0.3) is 11.6 Å². The molecule has 0 aromatic carbocycles. The summed E-state index contributed by atoms with van der Waals surface area (Å²) in [5.41, 5.74) is 0. The fraction of sp³-hybridized carbons (Fsp3) is 0.444. The highest BCUT2D eigenvalue weighted by atomic mass is 16.5. The highest BCUT2D eigenvalue weighted by molar-refractivity contribution is 5.40. The van der Waals surface area contributed by atoms with Gasteiger partial charge < -0.3 is 14.6 Å². The lowest BCUT2D eigenvalue weighted by atomic mass is 10.2. The van der Waals surface area contributed by atoms with Gasteiger partial charge in [-0.3, -0.25) is 0 Å². The van der Waals surface area contributed by atoms with Gasteiger partial charge in [-0.05, 0) is 12.8 Å². The number of nitrogens with zero attached hydrogens (tertiary/aromatic N) is 3. The van der Waals surface area contributed by atoms with Gasteiger partial charge in [0, 0.05) is 25.4 Å². The number of H-pyrrole nitrogens is 1. The number of aromatic nitrogens is 4. The molecular formula is C9H12N4O2. The van der Waals surface area contributed by atoms with Crippen molar-refractivity contribution in [2.45, 2.75) is 19.3 Å². The highest BCUT2D eigenvalue weighted by Gasteiger charge is 2.09. The van der Waals surface area contributed by atoms with Crippen LogP contribution in [0.4, 0.5) is 0 Å². The van der Waals surface area contributed by atoms with Gasteiger partial charge >= 0.3 is 0 Å². The third-order valence-corrected chi connectivity index (χ3v) is 1.98. The second kappa shape index (κ2) is 4.70. The molecule has 0 fully saturated rings. The van der Waals surface area contributed by atoms with Gasteiger partial charge in [-0.2, -0.15) is 4.98 Å². The van der Waals surface area contributed by atoms with Gasteiger partial charge in [0.2, 0.25) is 11.7 Å². The Labute approximate surface area is 86.4 Å². The van der Waals surface area contributed by atoms with Crippen LogP contribution in [0.1, 0.15) is 18.7 Å². The Morgan fingerprint density at radius 1 is 1.40 bits per heavy atom. The van der Waals surface area contributed by atoms with E-state index in [2.05, 4.69) is 20.1 Å². The second-order valence-electron chi connectivity index (χ2n) is 3.13. The average molecular weight is 208 g/mol. The molecule has 0 atom stereocenters. The van der Waals surface area contributed by atoms with E-state index in [-0.39, 0.29) is 6.61 Å². The molecule has 0 amide bonds. The maximum Gasteiger partial charge on any atom is 0.238 e. The predicted octanol–water partition coefficient (Wildman–Crippen LogP) is 0.775. The number of nitrogens with one attached hydrogen (secondary N) is 1. The minimum atomic E-state index is 0.194. The number of hydrogen-bond acceptors (Lipinski definition) is 5. The van der Waals surface area contributed by atoms with E-state index in [0.717, 1.165) is 12.8 Å². The summed E-state index contributed by atoms with van der Waals surface area (Å²) in [6, 6.07) is 0. The monoisotopic (exact) mass is 208 g/mol. The molecular weight excluding hydrogens is 196 g/mol. The first-order valence-corrected chi connectivity index (χ1v) is 4.83. The zero-order chi connectivity index (χ0) is 10.5. The number of aryl methyl sites for hydroxylation is 1. The van der Waals surface area contributed by atoms with E-state index in [0.29, 0.717) is 24.0 Å². The van der Waals surface area contributed by atoms with Gasteiger partial charge in [-0.25, -0.2) is 4.98 Å². The Morgan fingerprint density at radius 3 is 3.07 bits per heavy atom. The summed E-state index contributed by atoms with van der Waals surface area (Å²) in [6.45, 7) is 0.194. The highest BCUT2D eigenvalue weighted by Crippen LogP contribution is 2.10. The quantitative estimate of drug-likeness (QED) is 0.709. The third kappa shape index (κ3) is 2.41. The number of unbranched alkanes of at least 4 members (excludes halogenated alkanes) is 1. The van der Waals surface area contributed by atoms with Gasteiger partial charge in [0.1, 0.15) is 0 Å². The number of aliphatic hydroxyl groups is 1. The first-order valence-electron chi connectivity index (χ1n) is 4.83. The van der Waals surface area contributed by atoms with Crippen molar-refractivity contribution in [2.75, 3.05) is 6.61 Å². The summed E-state index contributed by atoms with van der Waals surface area (Å²) in [6.07, 6.45) is 5.62. The summed E-state index contributed by atoms with van der Waals surface area (Å²) in [5.74, 6) is 1.65. The van der Waals surface area contributed by atoms with Gasteiger partial charge in [0.15, 0.2) is 5.82 Å². The van der Waals surface area contributed by atoms with Gasteiger partial charge in [-0.1, -0.05) is 5.16 Å². The minimum absolute atomic E-state index is 0.194. The fourth-order valence-electron chi connectivity index (χ4n) is 1.23. The standard InChI is InChI=1S/C9H12N4O2/c14-6-2-1-3-7-12-9(13-15-7)8-10-4-5-11-8/h4-5,14H,1-3,6H2,(H,10,11). The lowest BCUT2D eigenvalue weighted by molar-refractivity contribution is 0.281. The summed E-state index contributed by atoms with van der Waals surface area (Å²) in [7, 11) is 0. The van der Waals surface area contributed by atoms with Crippen LogP contribution in [0, 0.1) is 0 Å². The number of hydrogen-bond donors (Lipinski definition) is 2. The van der Waals surface area contributed by atoms with E-state index in [1.807, 2.05) is 0 Å². The summed E-state index contributed by atoms with van der Waals surface area (Å²) >= 11 is 0. The molecule has 0 radical (unpaired) electrons. The Hall–Kier alpha value is -1.69. The second-order valence-corrected chi connectivity index (χ2v) is 3.13. The van der Waals surface area contributed by atoms with Crippen LogP contribution < -0.4 is 0 Å². The lowest BCUT2D eigenvalue weighted by Gasteiger charge is -1.90. The average Bonchev–Trinajstić information content (AvgIpc) is 2.87. The molecule has 0 saturated heterocycles. The summed E-state index contributed by atoms with van der Waals surface area (Å²) in [5, 5.41) is 12.4. The van der Waals surface area contributed by atoms with Crippen molar-refractivity contribution < 1.29 is 9.63 Å². The van der Waals surface area contributed by atoms with E-state index in [1.165, 1.54) is 0 Å². The van der Waals surface area contributed by atoms with E-state index in [4.69, 9.17) is 9.63 Å². The molecule has 80 valence electrons. The lowest BCUT2D eigenvalue weighted by Crippen LogP contribution is -1.89. The molecule has 0 aliphatic carbocycles. The van der Waals surface area contributed by atoms with E-state index in [1.54, 1.807) is 12.4 Å². The molecule has 2 heterocycles. The molecule has 0 spiro atoms. The van der Waals surface area contributed by atoms with Crippen LogP contribution in [0.2, 0.25) is 0 Å². The van der Waals surface area contributed by atoms with Crippen LogP contribution in [0.3, 0.4) is 0 Å². The summed E-state index contributed by atoms with van der Waals surface area (Å²) in [4.78, 5) is 11.1. The zero-order valence-electron chi connectivity index (χ0n) is 8.18. The molecule has 2 N–H and O–H groups in total. The van der Waals surface area contributed by atoms with Crippen molar-refractivity contribution in [3.8, 4) is 11.6 Å². The topological polar surface area (TPSA) is 87.8 Å².